The monoisotopic (exact) mass is 1840 g/mol. The van der Waals surface area contributed by atoms with Gasteiger partial charge in [-0.1, -0.05) is 217 Å². The molecule has 0 spiro atoms. The number of ether oxygens (including phenoxy) is 7. The Balaban J connectivity index is -0.000000283. The molecule has 1 fully saturated rings. The molecule has 10 rings (SSSR count). The van der Waals surface area contributed by atoms with Crippen LogP contribution in [0, 0.1) is 6.92 Å². The van der Waals surface area contributed by atoms with Crippen LogP contribution in [0.2, 0.25) is 0 Å². The number of allylic oxidation sites excluding steroid dienone is 7. The van der Waals surface area contributed by atoms with Gasteiger partial charge < -0.3 is 83.6 Å². The summed E-state index contributed by atoms with van der Waals surface area (Å²) < 4.78 is 35.8. The molecule has 0 saturated carbocycles. The van der Waals surface area contributed by atoms with E-state index < -0.39 is 29.0 Å². The molecule has 5 aliphatic carbocycles. The zero-order valence-electron chi connectivity index (χ0n) is 72.7. The number of carbonyl (C=O) groups is 5. The minimum atomic E-state index is -0.494. The van der Waals surface area contributed by atoms with Gasteiger partial charge in [0.25, 0.3) is 6.47 Å². The van der Waals surface area contributed by atoms with E-state index in [4.69, 9.17) is 59.4 Å². The van der Waals surface area contributed by atoms with Crippen molar-refractivity contribution in [3.05, 3.63) is 197 Å². The summed E-state index contributed by atoms with van der Waals surface area (Å²) in [5, 5.41) is 41.1. The fourth-order valence-corrected chi connectivity index (χ4v) is 10.9. The normalized spacial score (nSPS) is 16.0. The molecule has 0 aromatic heterocycles. The molecular weight excluding hydrogens is 1710 g/mol. The number of alkyl carbamates (subject to hydrolysis) is 2. The molecule has 6 aliphatic rings. The van der Waals surface area contributed by atoms with E-state index in [0.717, 1.165) is 50.0 Å². The smallest absolute Gasteiger partial charge is 1.00 e. The molecule has 0 bridgehead atoms. The third-order valence-corrected chi connectivity index (χ3v) is 15.6. The average Bonchev–Trinajstić information content (AvgIpc) is 0.913. The first-order chi connectivity index (χ1) is 52.0. The molecule has 20 nitrogen and oxygen atoms in total. The Labute approximate surface area is 748 Å². The predicted molar refractivity (Wildman–Crippen MR) is 468 cm³/mol. The molecule has 4 aromatic rings. The first-order valence-electron chi connectivity index (χ1n) is 38.0. The molecule has 4 aromatic carbocycles. The molecule has 2 amide bonds. The number of fused-ring (bicyclic) bond motifs is 4. The number of rotatable bonds is 16. The van der Waals surface area contributed by atoms with Crippen LogP contribution in [-0.2, 0) is 73.2 Å². The molecule has 632 valence electrons. The van der Waals surface area contributed by atoms with Crippen molar-refractivity contribution in [2.75, 3.05) is 59.3 Å². The maximum atomic E-state index is 11.5. The second kappa shape index (κ2) is 68.7. The van der Waals surface area contributed by atoms with Gasteiger partial charge in [-0.25, -0.2) is 9.59 Å². The first kappa shape index (κ1) is 117. The van der Waals surface area contributed by atoms with Crippen LogP contribution in [0.1, 0.15) is 245 Å². The van der Waals surface area contributed by atoms with Crippen molar-refractivity contribution in [1.82, 2.24) is 16.0 Å². The van der Waals surface area contributed by atoms with Gasteiger partial charge in [0, 0.05) is 74.8 Å². The van der Waals surface area contributed by atoms with Crippen molar-refractivity contribution in [2.24, 2.45) is 5.73 Å². The van der Waals surface area contributed by atoms with Crippen molar-refractivity contribution < 1.29 is 127 Å². The number of carbonyl (C=O) groups excluding carboxylic acids is 4. The van der Waals surface area contributed by atoms with Crippen molar-refractivity contribution in [1.29, 1.82) is 0 Å². The van der Waals surface area contributed by atoms with Gasteiger partial charge in [-0.15, -0.1) is 0 Å². The van der Waals surface area contributed by atoms with Crippen LogP contribution in [0.5, 0.6) is 0 Å². The molecule has 1 saturated heterocycles. The minimum absolute atomic E-state index is 0. The number of alkyl halides is 4. The van der Waals surface area contributed by atoms with E-state index in [1.165, 1.54) is 78.0 Å². The van der Waals surface area contributed by atoms with Crippen molar-refractivity contribution >= 4 is 94.3 Å². The van der Waals surface area contributed by atoms with Crippen LogP contribution in [0.25, 0.3) is 0 Å². The van der Waals surface area contributed by atoms with Gasteiger partial charge in [0.15, 0.2) is 0 Å². The fraction of sp³-hybridized carbons (Fsp3) is 0.563. The van der Waals surface area contributed by atoms with Crippen molar-refractivity contribution in [3.8, 4) is 0 Å². The van der Waals surface area contributed by atoms with E-state index >= 15 is 0 Å². The van der Waals surface area contributed by atoms with Crippen molar-refractivity contribution in [3.63, 3.8) is 0 Å². The van der Waals surface area contributed by atoms with Gasteiger partial charge in [-0.05, 0) is 194 Å². The average molecular weight is 1850 g/mol. The molecule has 113 heavy (non-hydrogen) atoms. The number of piperidine rings is 1. The summed E-state index contributed by atoms with van der Waals surface area (Å²) in [5.74, 6) is 0.431. The number of halogens is 4. The number of unbranched alkanes of at least 4 members (excludes halogenated alkanes) is 1. The molecule has 4 unspecified atom stereocenters. The summed E-state index contributed by atoms with van der Waals surface area (Å²) >= 11 is 12.9. The summed E-state index contributed by atoms with van der Waals surface area (Å²) in [6.45, 7) is 44.8. The Kier molecular flexibility index (Phi) is 71.4. The summed E-state index contributed by atoms with van der Waals surface area (Å²) in [4.78, 5) is 51.9. The first-order valence-corrected chi connectivity index (χ1v) is 41.6. The number of esters is 2. The SMILES string of the molecule is BrC(Br)Br.BrC1Cc2ccccc21.C1=CC=CCC=C1.C=C(C)OCC.CC(C)(C)OC(=O)CCCOC1Cc2ccccc21.CC(C)(C)OC(=O)NCCO.CC(C)(C)OC(=O)NCCO.CC1(C)CCCC(C)(C)N1.CCOC(C)=O.NCCOC1Cc2ccccc21.O=CO.OC1Cc2ccccc21.[CH2-]CCC.[H-].[Li+].[Na+]. The molecule has 9 N–H and O–H groups in total. The van der Waals surface area contributed by atoms with Gasteiger partial charge in [0.05, 0.1) is 57.1 Å². The third-order valence-electron chi connectivity index (χ3n) is 14.7. The van der Waals surface area contributed by atoms with E-state index in [1.54, 1.807) is 48.5 Å². The van der Waals surface area contributed by atoms with Gasteiger partial charge in [-0.3, -0.25) is 14.4 Å². The number of nitrogens with one attached hydrogen (secondary N) is 3. The van der Waals surface area contributed by atoms with Gasteiger partial charge in [-0.2, -0.15) is 6.42 Å². The summed E-state index contributed by atoms with van der Waals surface area (Å²) in [6.07, 6.45) is 24.4. The molecule has 1 heterocycles. The molecule has 1 aliphatic heterocycles. The Morgan fingerprint density at radius 3 is 1.26 bits per heavy atom. The van der Waals surface area contributed by atoms with Crippen LogP contribution < -0.4 is 70.1 Å². The van der Waals surface area contributed by atoms with Gasteiger partial charge in [0.2, 0.25) is 0 Å². The Morgan fingerprint density at radius 2 is 1.00 bits per heavy atom. The van der Waals surface area contributed by atoms with E-state index in [0.29, 0.717) is 61.2 Å². The van der Waals surface area contributed by atoms with Crippen LogP contribution in [-0.4, -0.2) is 141 Å². The molecule has 4 atom stereocenters. The van der Waals surface area contributed by atoms with E-state index in [9.17, 15) is 19.2 Å². The molecular formula is C87H138Br4LiN4NaO16. The second-order valence-corrected chi connectivity index (χ2v) is 37.1. The quantitative estimate of drug-likeness (QED) is 0.00756. The van der Waals surface area contributed by atoms with Crippen LogP contribution >= 0.6 is 63.7 Å². The van der Waals surface area contributed by atoms with E-state index in [-0.39, 0.29) is 109 Å². The second-order valence-electron chi connectivity index (χ2n) is 29.6. The number of amides is 2. The fourth-order valence-electron chi connectivity index (χ4n) is 10.1. The number of nitrogens with two attached hydrogens (primary N) is 1. The number of carboxylic acid groups (broad SMARTS) is 1. The topological polar surface area (TPSA) is 293 Å². The van der Waals surface area contributed by atoms with Crippen LogP contribution in [0.4, 0.5) is 9.59 Å². The number of benzene rings is 4. The summed E-state index contributed by atoms with van der Waals surface area (Å²) in [6, 6.07) is 33.3. The van der Waals surface area contributed by atoms with Crippen LogP contribution in [0.3, 0.4) is 0 Å². The Bertz CT molecular complexity index is 3130. The maximum absolute atomic E-state index is 11.5. The van der Waals surface area contributed by atoms with E-state index in [1.807, 2.05) is 71.0 Å². The standard InChI is InChI=1S/C16H22O3.C10H13NO.C9H19N.C8H7Br.C8H8O.2C7H15NO3.C7H8.C5H10O.C4H8O2.C4H9.CHBr3.CH2O2.Li.Na.H/c1-16(2,3)19-15(17)9-6-10-18-14-11-12-7-4-5-8-13(12)14;11-5-6-12-10-7-8-3-1-2-4-9(8)10;1-8(2)6-5-7-9(3,4)10-8;2*9-8-5-6-3-1-2-4-7(6)8;2*1-7(2,3)11-6(10)8-4-5-9;1-2-4-6-7-5-3-1;1-4-6-5(2)3;1-3-6-4(2)5;1-3-4-2;2-1(3)4;2-1-3;;;/h4-5,7-8,14H,6,9-11H2,1-3H3;1-4,10H,5-7,11H2;10H,5-7H2,1-4H3;1-4,8H,5H2;1-4,8-9H,5H2;2*9H,4-5H2,1-3H3,(H,8,10);1-6H,7H2;2,4H2,1,3H3;3H2,1-2H3;1,3-4H2,2H3;1H;1H,(H,2,3);;;/q;;;;;;;;;;-1;;;2*+1;-1. The summed E-state index contributed by atoms with van der Waals surface area (Å²) in [5.41, 5.74) is 15.5. The maximum Gasteiger partial charge on any atom is 1.00 e. The van der Waals surface area contributed by atoms with E-state index in [2.05, 4.69) is 230 Å². The molecule has 0 radical (unpaired) electrons. The van der Waals surface area contributed by atoms with Crippen LogP contribution in [0.15, 0.2) is 146 Å². The van der Waals surface area contributed by atoms with Crippen molar-refractivity contribution in [2.45, 2.75) is 255 Å². The number of aliphatic hydroxyl groups is 3. The summed E-state index contributed by atoms with van der Waals surface area (Å²) in [7, 11) is 0. The molecule has 26 heteroatoms. The Hall–Kier alpha value is -4.17. The predicted octanol–water partition coefficient (Wildman–Crippen LogP) is 14.0. The van der Waals surface area contributed by atoms with Gasteiger partial charge in [0.1, 0.15) is 19.4 Å². The zero-order chi connectivity index (χ0) is 85.1. The zero-order valence-corrected chi connectivity index (χ0v) is 80.1. The third kappa shape index (κ3) is 67.4. The number of hydrogen-bond donors (Lipinski definition) is 8. The number of hydrogen-bond acceptors (Lipinski definition) is 17. The Morgan fingerprint density at radius 1 is 0.637 bits per heavy atom. The largest absolute Gasteiger partial charge is 1.00 e. The van der Waals surface area contributed by atoms with Gasteiger partial charge >= 0.3 is 72.5 Å². The number of aliphatic hydroxyl groups excluding tert-OH is 3. The minimum Gasteiger partial charge on any atom is -1.00 e.